The molecule has 17 atom stereocenters. The van der Waals surface area contributed by atoms with Gasteiger partial charge in [-0.3, -0.25) is 58.3 Å². The predicted molar refractivity (Wildman–Crippen MR) is 504 cm³/mol. The lowest BCUT2D eigenvalue weighted by atomic mass is 9.89. The molecule has 45 nitrogen and oxygen atoms in total. The molecule has 0 saturated carbocycles. The van der Waals surface area contributed by atoms with E-state index in [1.165, 1.54) is 44.4 Å². The van der Waals surface area contributed by atoms with Crippen molar-refractivity contribution in [3.63, 3.8) is 0 Å². The fraction of sp³-hybridized carbons (Fsp3) is 0.726. The number of nitrogens with zero attached hydrogens (tertiary/aromatic N) is 4. The smallest absolute Gasteiger partial charge is 0.411 e. The second-order valence-electron chi connectivity index (χ2n) is 34.6. The maximum Gasteiger partial charge on any atom is 0.411 e. The quantitative estimate of drug-likeness (QED) is 0.0330. The van der Waals surface area contributed by atoms with Gasteiger partial charge in [0.2, 0.25) is 47.6 Å². The number of carbonyl (C=O) groups excluding carboxylic acids is 11. The van der Waals surface area contributed by atoms with Gasteiger partial charge in [0, 0.05) is 73.1 Å². The topological polar surface area (TPSA) is 574 Å². The van der Waals surface area contributed by atoms with Crippen molar-refractivity contribution in [1.82, 2.24) is 46.2 Å². The van der Waals surface area contributed by atoms with E-state index in [1.54, 1.807) is 77.8 Å². The van der Waals surface area contributed by atoms with Gasteiger partial charge in [-0.25, -0.2) is 14.4 Å². The molecule has 13 N–H and O–H groups in total. The Labute approximate surface area is 820 Å². The molecule has 0 aliphatic carbocycles. The summed E-state index contributed by atoms with van der Waals surface area (Å²) in [5.74, 6) is -8.33. The highest BCUT2D eigenvalue weighted by atomic mass is 16.7. The van der Waals surface area contributed by atoms with Crippen molar-refractivity contribution in [2.24, 2.45) is 29.4 Å². The fourth-order valence-corrected chi connectivity index (χ4v) is 15.6. The van der Waals surface area contributed by atoms with Gasteiger partial charge in [-0.05, 0) is 86.5 Å². The predicted octanol–water partition coefficient (Wildman–Crippen LogP) is 1.52. The van der Waals surface area contributed by atoms with E-state index in [4.69, 9.17) is 86.3 Å². The number of unbranched alkanes of at least 4 members (excludes halogenated alkanes) is 1. The summed E-state index contributed by atoms with van der Waals surface area (Å²) in [4.78, 5) is 165. The average molecular weight is 2000 g/mol. The molecule has 2 aromatic carbocycles. The van der Waals surface area contributed by atoms with Crippen molar-refractivity contribution in [2.75, 3.05) is 212 Å². The van der Waals surface area contributed by atoms with Gasteiger partial charge in [0.05, 0.1) is 200 Å². The maximum atomic E-state index is 14.9. The van der Waals surface area contributed by atoms with Crippen LogP contribution in [0.3, 0.4) is 0 Å². The molecule has 3 heterocycles. The highest BCUT2D eigenvalue weighted by Gasteiger charge is 2.50. The van der Waals surface area contributed by atoms with E-state index in [0.717, 1.165) is 22.0 Å². The van der Waals surface area contributed by atoms with Gasteiger partial charge in [-0.1, -0.05) is 98.2 Å². The van der Waals surface area contributed by atoms with Gasteiger partial charge >= 0.3 is 18.2 Å². The molecule has 794 valence electrons. The zero-order chi connectivity index (χ0) is 103. The molecule has 3 aliphatic rings. The number of methoxy groups -OCH3 is 2. The minimum atomic E-state index is -2.04. The second kappa shape index (κ2) is 68.0. The number of imide groups is 1. The first kappa shape index (κ1) is 121. The Morgan fingerprint density at radius 3 is 1.61 bits per heavy atom. The van der Waals surface area contributed by atoms with Crippen LogP contribution in [0.2, 0.25) is 0 Å². The molecule has 140 heavy (non-hydrogen) atoms. The van der Waals surface area contributed by atoms with Crippen molar-refractivity contribution >= 4 is 77.0 Å². The van der Waals surface area contributed by atoms with Crippen LogP contribution in [0.1, 0.15) is 137 Å². The van der Waals surface area contributed by atoms with Gasteiger partial charge in [0.15, 0.2) is 6.10 Å². The molecule has 2 aromatic rings. The van der Waals surface area contributed by atoms with Crippen LogP contribution in [0.5, 0.6) is 5.75 Å². The standard InChI is InChI=1S/C95H155N11O34/c1-14-31-98-88(116)68(100-89(117)71(59-96)106-75(108)28-29-76(106)109)24-19-20-32-97-74(107)30-34-126-35-36-127-37-38-128-39-40-129-41-42-130-43-44-131-45-46-132-47-48-133-49-50-134-51-52-135-53-54-136-55-56-137-94(122)101-69-57-66(26-27-72(69)139-93-84(114)82(112)83(113)86(140-93)92(120)121)60-138-95(123)104(11)79(62(5)6)90(118)102-78(61(3)4)91(119)103(10)80(63(7)15-2)73(124-12)58-77(110)105-33-21-25-70(105)85(125-13)64(8)87(115)99-65(9)81(111)67-22-17-16-18-23-67/h16-18,22-23,26-29,57,61-65,68,70-71,73,78-86,93,111-114H,14-15,19-21,24-25,30-56,58-60,96H2,1-13H3,(H,97,107)(H,98,116)(H,99,115)(H,100,117)(H,101,122)(H,102,118)(H,120,121)/t63-,64+,65+,68-,70-,71+,73+,78-,79-,80-,81+,82?,83?,84?,85+,86?,93?/m0/s1. The lowest BCUT2D eigenvalue weighted by Crippen LogP contribution is -2.61. The third kappa shape index (κ3) is 42.3. The molecule has 45 heteroatoms. The van der Waals surface area contributed by atoms with Gasteiger partial charge in [0.25, 0.3) is 11.8 Å². The molecule has 0 spiro atoms. The summed E-state index contributed by atoms with van der Waals surface area (Å²) in [5, 5.41) is 69.0. The number of likely N-dealkylation sites (N-methyl/N-ethyl adjacent to an activating group) is 2. The number of amides is 11. The van der Waals surface area contributed by atoms with Gasteiger partial charge in [0.1, 0.15) is 61.4 Å². The normalized spacial score (nSPS) is 18.8. The van der Waals surface area contributed by atoms with Crippen LogP contribution in [-0.4, -0.2) is 408 Å². The molecule has 0 radical (unpaired) electrons. The molecule has 5 rings (SSSR count). The minimum Gasteiger partial charge on any atom is -0.479 e. The Kier molecular flexibility index (Phi) is 58.8. The zero-order valence-electron chi connectivity index (χ0n) is 83.3. The van der Waals surface area contributed by atoms with Crippen molar-refractivity contribution in [1.29, 1.82) is 0 Å². The molecular weight excluding hydrogens is 1840 g/mol. The summed E-state index contributed by atoms with van der Waals surface area (Å²) in [6.07, 6.45) is -8.66. The van der Waals surface area contributed by atoms with Crippen LogP contribution >= 0.6 is 0 Å². The molecule has 5 unspecified atom stereocenters. The molecule has 2 saturated heterocycles. The largest absolute Gasteiger partial charge is 0.479 e. The summed E-state index contributed by atoms with van der Waals surface area (Å²) in [6.45, 7) is 23.0. The van der Waals surface area contributed by atoms with Crippen LogP contribution < -0.4 is 42.4 Å². The number of aliphatic hydroxyl groups is 4. The number of likely N-dealkylation sites (tertiary alicyclic amines) is 1. The van der Waals surface area contributed by atoms with Crippen LogP contribution in [0, 0.1) is 23.7 Å². The Bertz CT molecular complexity index is 4020. The Morgan fingerprint density at radius 2 is 1.12 bits per heavy atom. The third-order valence-electron chi connectivity index (χ3n) is 23.5. The average Bonchev–Trinajstić information content (AvgIpc) is 1.12. The number of aliphatic carboxylic acids is 1. The Morgan fingerprint density at radius 1 is 0.586 bits per heavy atom. The fourth-order valence-electron chi connectivity index (χ4n) is 15.6. The lowest BCUT2D eigenvalue weighted by Gasteiger charge is -2.41. The summed E-state index contributed by atoms with van der Waals surface area (Å²) >= 11 is 0. The number of hydrogen-bond acceptors (Lipinski definition) is 34. The first-order valence-corrected chi connectivity index (χ1v) is 48.1. The van der Waals surface area contributed by atoms with Crippen molar-refractivity contribution < 1.29 is 164 Å². The number of nitrogens with one attached hydrogen (secondary N) is 6. The van der Waals surface area contributed by atoms with E-state index in [1.807, 2.05) is 26.8 Å². The van der Waals surface area contributed by atoms with Gasteiger partial charge in [-0.2, -0.15) is 0 Å². The van der Waals surface area contributed by atoms with E-state index in [-0.39, 0.29) is 113 Å². The summed E-state index contributed by atoms with van der Waals surface area (Å²) in [6, 6.07) is 6.62. The SMILES string of the molecule is CCCNC(=O)[C@H](CCCCNC(=O)CCOCCOCCOCCOCCOCCOCCOCCOCCOCCOCCOCCOC(=O)Nc1cc(COC(=O)N(C)[C@H](C(=O)N[C@H](C(=O)N(C)[C@@H]([C@@H](C)CC)[C@@H](CC(=O)N2CCC[C@H]2[C@H](OC)[C@@H](C)C(=O)N[C@H](C)[C@@H](O)c2ccccc2)OC)C(C)C)C(C)C)ccc1OC1OC(C(=O)O)C(O)C(O)C1O)NC(=O)[C@@H](CN)N1C(=O)C=CC1=O. The van der Waals surface area contributed by atoms with Crippen molar-refractivity contribution in [3.8, 4) is 5.75 Å². The molecular formula is C95H155N11O34. The highest BCUT2D eigenvalue weighted by molar-refractivity contribution is 6.15. The van der Waals surface area contributed by atoms with Crippen LogP contribution in [0.25, 0.3) is 0 Å². The Hall–Kier alpha value is -9.34. The minimum absolute atomic E-state index is 0.0650. The van der Waals surface area contributed by atoms with Gasteiger partial charge < -0.3 is 148 Å². The van der Waals surface area contributed by atoms with Crippen LogP contribution in [0.4, 0.5) is 15.3 Å². The van der Waals surface area contributed by atoms with E-state index in [2.05, 4.69) is 31.9 Å². The lowest BCUT2D eigenvalue weighted by molar-refractivity contribution is -0.271. The third-order valence-corrected chi connectivity index (χ3v) is 23.5. The van der Waals surface area contributed by atoms with Gasteiger partial charge in [-0.15, -0.1) is 0 Å². The number of anilines is 1. The monoisotopic (exact) mass is 1990 g/mol. The van der Waals surface area contributed by atoms with Crippen LogP contribution in [-0.2, 0) is 130 Å². The number of aliphatic hydroxyl groups excluding tert-OH is 4. The second-order valence-corrected chi connectivity index (χ2v) is 34.6. The number of ether oxygens (including phenoxy) is 17. The number of nitrogens with two attached hydrogens (primary N) is 1. The van der Waals surface area contributed by atoms with E-state index < -0.39 is 169 Å². The number of hydrogen-bond donors (Lipinski definition) is 12. The van der Waals surface area contributed by atoms with Crippen molar-refractivity contribution in [3.05, 3.63) is 71.8 Å². The number of carboxylic acids is 1. The van der Waals surface area contributed by atoms with Crippen LogP contribution in [0.15, 0.2) is 60.7 Å². The molecule has 0 aromatic heterocycles. The number of benzene rings is 2. The number of carboxylic acid groups (broad SMARTS) is 1. The molecule has 3 aliphatic heterocycles. The first-order chi connectivity index (χ1) is 67.2. The summed E-state index contributed by atoms with van der Waals surface area (Å²) in [7, 11) is 5.92. The highest BCUT2D eigenvalue weighted by Crippen LogP contribution is 2.34. The maximum absolute atomic E-state index is 14.9. The Balaban J connectivity index is 0.910. The number of rotatable bonds is 74. The first-order valence-electron chi connectivity index (χ1n) is 48.1. The zero-order valence-corrected chi connectivity index (χ0v) is 83.3. The van der Waals surface area contributed by atoms with Crippen molar-refractivity contribution in [2.45, 2.75) is 218 Å². The van der Waals surface area contributed by atoms with E-state index in [9.17, 15) is 83.1 Å². The summed E-state index contributed by atoms with van der Waals surface area (Å²) in [5.41, 5.74) is 6.42. The van der Waals surface area contributed by atoms with E-state index in [0.29, 0.717) is 169 Å². The summed E-state index contributed by atoms with van der Waals surface area (Å²) < 4.78 is 95.3. The molecule has 2 fully saturated rings. The molecule has 11 amide bonds. The van der Waals surface area contributed by atoms with E-state index >= 15 is 0 Å². The number of carbonyl (C=O) groups is 12. The molecule has 0 bridgehead atoms.